The second-order valence-electron chi connectivity index (χ2n) is 2.79. The first-order chi connectivity index (χ1) is 5.74. The fourth-order valence-corrected chi connectivity index (χ4v) is 0.850. The van der Waals surface area contributed by atoms with Crippen molar-refractivity contribution in [3.63, 3.8) is 0 Å². The Morgan fingerprint density at radius 2 is 2.50 bits per heavy atom. The summed E-state index contributed by atoms with van der Waals surface area (Å²) in [4.78, 5) is 0. The smallest absolute Gasteiger partial charge is 0.148 e. The average molecular weight is 164 g/mol. The zero-order valence-corrected chi connectivity index (χ0v) is 7.28. The molecule has 1 N–H and O–H groups in total. The molecule has 0 aliphatic heterocycles. The predicted molar refractivity (Wildman–Crippen MR) is 46.7 cm³/mol. The van der Waals surface area contributed by atoms with Gasteiger partial charge in [0, 0.05) is 18.3 Å². The lowest BCUT2D eigenvalue weighted by molar-refractivity contribution is 0.534. The van der Waals surface area contributed by atoms with Gasteiger partial charge in [0.15, 0.2) is 0 Å². The van der Waals surface area contributed by atoms with Crippen molar-refractivity contribution in [1.29, 1.82) is 5.26 Å². The summed E-state index contributed by atoms with van der Waals surface area (Å²) in [7, 11) is 0. The maximum absolute atomic E-state index is 8.30. The molecule has 64 valence electrons. The standard InChI is InChI=1S/C8H12N4/c1-7(2)12-6-3-8(11-12)10-5-4-9/h3,6-7H,5H2,1-2H3,(H,10,11). The van der Waals surface area contributed by atoms with Crippen molar-refractivity contribution in [2.24, 2.45) is 0 Å². The van der Waals surface area contributed by atoms with Crippen molar-refractivity contribution in [3.8, 4) is 6.07 Å². The van der Waals surface area contributed by atoms with Gasteiger partial charge in [-0.25, -0.2) is 0 Å². The minimum Gasteiger partial charge on any atom is -0.356 e. The Morgan fingerprint density at radius 3 is 3.00 bits per heavy atom. The topological polar surface area (TPSA) is 53.6 Å². The van der Waals surface area contributed by atoms with Crippen molar-refractivity contribution >= 4 is 5.82 Å². The molecule has 0 unspecified atom stereocenters. The number of nitrogens with one attached hydrogen (secondary N) is 1. The number of anilines is 1. The molecule has 1 aromatic rings. The Bertz CT molecular complexity index is 281. The predicted octanol–water partition coefficient (Wildman–Crippen LogP) is 1.40. The molecule has 0 amide bonds. The van der Waals surface area contributed by atoms with Gasteiger partial charge in [0.25, 0.3) is 0 Å². The van der Waals surface area contributed by atoms with Crippen LogP contribution >= 0.6 is 0 Å². The molecule has 0 saturated carbocycles. The van der Waals surface area contributed by atoms with Gasteiger partial charge in [-0.2, -0.15) is 10.4 Å². The van der Waals surface area contributed by atoms with E-state index in [1.54, 1.807) is 0 Å². The largest absolute Gasteiger partial charge is 0.356 e. The van der Waals surface area contributed by atoms with Gasteiger partial charge in [-0.1, -0.05) is 0 Å². The normalized spacial score (nSPS) is 9.83. The summed E-state index contributed by atoms with van der Waals surface area (Å²) in [6.07, 6.45) is 1.89. The van der Waals surface area contributed by atoms with Gasteiger partial charge in [-0.15, -0.1) is 0 Å². The van der Waals surface area contributed by atoms with Gasteiger partial charge in [-0.3, -0.25) is 4.68 Å². The van der Waals surface area contributed by atoms with E-state index in [9.17, 15) is 0 Å². The molecule has 0 spiro atoms. The quantitative estimate of drug-likeness (QED) is 0.687. The first-order valence-electron chi connectivity index (χ1n) is 3.90. The van der Waals surface area contributed by atoms with E-state index >= 15 is 0 Å². The van der Waals surface area contributed by atoms with Gasteiger partial charge in [0.1, 0.15) is 12.4 Å². The molecule has 0 aromatic carbocycles. The Hall–Kier alpha value is -1.50. The van der Waals surface area contributed by atoms with Crippen LogP contribution in [0.1, 0.15) is 19.9 Å². The molecule has 1 rings (SSSR count). The maximum atomic E-state index is 8.30. The van der Waals surface area contributed by atoms with Gasteiger partial charge in [0.05, 0.1) is 6.07 Å². The summed E-state index contributed by atoms with van der Waals surface area (Å²) in [5.74, 6) is 0.755. The number of hydrogen-bond acceptors (Lipinski definition) is 3. The molecule has 4 heteroatoms. The molecule has 1 heterocycles. The third-order valence-electron chi connectivity index (χ3n) is 1.49. The van der Waals surface area contributed by atoms with Crippen molar-refractivity contribution in [3.05, 3.63) is 12.3 Å². The van der Waals surface area contributed by atoms with Crippen LogP contribution in [0.2, 0.25) is 0 Å². The average Bonchev–Trinajstić information content (AvgIpc) is 2.48. The molecule has 0 aliphatic carbocycles. The summed E-state index contributed by atoms with van der Waals surface area (Å²) >= 11 is 0. The Labute approximate surface area is 71.8 Å². The van der Waals surface area contributed by atoms with E-state index in [-0.39, 0.29) is 0 Å². The van der Waals surface area contributed by atoms with Gasteiger partial charge >= 0.3 is 0 Å². The number of hydrogen-bond donors (Lipinski definition) is 1. The van der Waals surface area contributed by atoms with Crippen LogP contribution in [0.15, 0.2) is 12.3 Å². The molecule has 0 saturated heterocycles. The summed E-state index contributed by atoms with van der Waals surface area (Å²) in [5, 5.41) is 15.4. The van der Waals surface area contributed by atoms with Crippen LogP contribution in [0.3, 0.4) is 0 Å². The zero-order chi connectivity index (χ0) is 8.97. The minimum atomic E-state index is 0.301. The van der Waals surface area contributed by atoms with Crippen molar-refractivity contribution in [2.45, 2.75) is 19.9 Å². The van der Waals surface area contributed by atoms with Crippen LogP contribution in [0.4, 0.5) is 5.82 Å². The lowest BCUT2D eigenvalue weighted by Crippen LogP contribution is -2.03. The molecule has 4 nitrogen and oxygen atoms in total. The van der Waals surface area contributed by atoms with E-state index < -0.39 is 0 Å². The van der Waals surface area contributed by atoms with E-state index in [2.05, 4.69) is 24.3 Å². The SMILES string of the molecule is CC(C)n1ccc(NCC#N)n1. The maximum Gasteiger partial charge on any atom is 0.148 e. The highest BCUT2D eigenvalue weighted by Gasteiger charge is 1.99. The Kier molecular flexibility index (Phi) is 2.70. The molecule has 0 radical (unpaired) electrons. The second kappa shape index (κ2) is 3.77. The summed E-state index contributed by atoms with van der Waals surface area (Å²) in [5.41, 5.74) is 0. The fraction of sp³-hybridized carbons (Fsp3) is 0.500. The van der Waals surface area contributed by atoms with E-state index in [1.165, 1.54) is 0 Å². The Balaban J connectivity index is 2.59. The first kappa shape index (κ1) is 8.60. The van der Waals surface area contributed by atoms with Crippen LogP contribution in [-0.2, 0) is 0 Å². The molecular weight excluding hydrogens is 152 g/mol. The van der Waals surface area contributed by atoms with Crippen LogP contribution in [0.25, 0.3) is 0 Å². The first-order valence-corrected chi connectivity index (χ1v) is 3.90. The van der Waals surface area contributed by atoms with Crippen LogP contribution in [0, 0.1) is 11.3 Å². The van der Waals surface area contributed by atoms with E-state index in [1.807, 2.05) is 23.0 Å². The van der Waals surface area contributed by atoms with Gasteiger partial charge in [-0.05, 0) is 13.8 Å². The van der Waals surface area contributed by atoms with Gasteiger partial charge in [0.2, 0.25) is 0 Å². The fourth-order valence-electron chi connectivity index (χ4n) is 0.850. The highest BCUT2D eigenvalue weighted by molar-refractivity contribution is 5.33. The lowest BCUT2D eigenvalue weighted by Gasteiger charge is -2.03. The third-order valence-corrected chi connectivity index (χ3v) is 1.49. The number of rotatable bonds is 3. The summed E-state index contributed by atoms with van der Waals surface area (Å²) in [6.45, 7) is 4.41. The molecule has 0 aliphatic rings. The molecule has 12 heavy (non-hydrogen) atoms. The van der Waals surface area contributed by atoms with E-state index in [4.69, 9.17) is 5.26 Å². The van der Waals surface area contributed by atoms with Gasteiger partial charge < -0.3 is 5.32 Å². The van der Waals surface area contributed by atoms with Crippen LogP contribution in [-0.4, -0.2) is 16.3 Å². The third kappa shape index (κ3) is 1.99. The van der Waals surface area contributed by atoms with Crippen molar-refractivity contribution < 1.29 is 0 Å². The highest BCUT2D eigenvalue weighted by Crippen LogP contribution is 2.07. The summed E-state index contributed by atoms with van der Waals surface area (Å²) in [6, 6.07) is 4.22. The molecule has 0 atom stereocenters. The minimum absolute atomic E-state index is 0.301. The van der Waals surface area contributed by atoms with Crippen molar-refractivity contribution in [2.75, 3.05) is 11.9 Å². The monoisotopic (exact) mass is 164 g/mol. The second-order valence-corrected chi connectivity index (χ2v) is 2.79. The molecular formula is C8H12N4. The molecule has 0 bridgehead atoms. The van der Waals surface area contributed by atoms with Crippen LogP contribution in [0.5, 0.6) is 0 Å². The molecule has 1 aromatic heterocycles. The van der Waals surface area contributed by atoms with E-state index in [0.29, 0.717) is 12.6 Å². The number of nitrogens with zero attached hydrogens (tertiary/aromatic N) is 3. The number of aromatic nitrogens is 2. The lowest BCUT2D eigenvalue weighted by atomic mass is 10.4. The van der Waals surface area contributed by atoms with Crippen molar-refractivity contribution in [1.82, 2.24) is 9.78 Å². The molecule has 0 fully saturated rings. The van der Waals surface area contributed by atoms with E-state index in [0.717, 1.165) is 5.82 Å². The van der Waals surface area contributed by atoms with Crippen LogP contribution < -0.4 is 5.32 Å². The zero-order valence-electron chi connectivity index (χ0n) is 7.28. The summed E-state index contributed by atoms with van der Waals surface area (Å²) < 4.78 is 1.85. The number of nitriles is 1. The Morgan fingerprint density at radius 1 is 1.75 bits per heavy atom. The highest BCUT2D eigenvalue weighted by atomic mass is 15.3.